The van der Waals surface area contributed by atoms with Crippen LogP contribution in [0.1, 0.15) is 22.8 Å². The van der Waals surface area contributed by atoms with Gasteiger partial charge in [0.1, 0.15) is 0 Å². The number of benzene rings is 3. The average molecular weight is 564 g/mol. The largest absolute Gasteiger partial charge is 0.351 e. The van der Waals surface area contributed by atoms with E-state index < -0.39 is 10.0 Å². The fourth-order valence-electron chi connectivity index (χ4n) is 4.79. The van der Waals surface area contributed by atoms with Crippen LogP contribution in [0, 0.1) is 6.92 Å². The lowest BCUT2D eigenvalue weighted by atomic mass is 10.2. The smallest absolute Gasteiger partial charge is 0.264 e. The van der Waals surface area contributed by atoms with Gasteiger partial charge >= 0.3 is 0 Å². The highest BCUT2D eigenvalue weighted by Gasteiger charge is 2.24. The number of anilines is 2. The molecular weight excluding hydrogens is 530 g/mol. The molecule has 1 N–H and O–H groups in total. The second-order valence-electron chi connectivity index (χ2n) is 9.53. The van der Waals surface area contributed by atoms with Crippen molar-refractivity contribution in [2.45, 2.75) is 18.7 Å². The molecule has 0 atom stereocenters. The van der Waals surface area contributed by atoms with Crippen molar-refractivity contribution in [3.8, 4) is 0 Å². The van der Waals surface area contributed by atoms with Crippen LogP contribution < -0.4 is 14.5 Å². The number of carbonyl (C=O) groups is 1. The van der Waals surface area contributed by atoms with Crippen LogP contribution in [0.4, 0.5) is 10.8 Å². The molecule has 1 aliphatic rings. The van der Waals surface area contributed by atoms with Crippen molar-refractivity contribution in [3.05, 3.63) is 83.9 Å². The second kappa shape index (κ2) is 11.7. The maximum Gasteiger partial charge on any atom is 0.264 e. The quantitative estimate of drug-likeness (QED) is 0.326. The molecule has 8 nitrogen and oxygen atoms in total. The zero-order chi connectivity index (χ0) is 27.4. The van der Waals surface area contributed by atoms with E-state index in [-0.39, 0.29) is 10.8 Å². The summed E-state index contributed by atoms with van der Waals surface area (Å²) in [5.41, 5.74) is 3.34. The summed E-state index contributed by atoms with van der Waals surface area (Å²) in [5.74, 6) is -0.210. The van der Waals surface area contributed by atoms with E-state index in [0.717, 1.165) is 43.4 Å². The van der Waals surface area contributed by atoms with Gasteiger partial charge in [-0.05, 0) is 61.9 Å². The highest BCUT2D eigenvalue weighted by molar-refractivity contribution is 7.92. The zero-order valence-electron chi connectivity index (χ0n) is 22.2. The minimum absolute atomic E-state index is 0.158. The number of sulfonamides is 1. The SMILES string of the molecule is CCN(c1ccccc1)S(=O)(=O)c1ccc(C(=O)NCCN2CCN(c3nc4c(C)cccc4s3)CC2)cc1. The molecule has 1 fully saturated rings. The number of nitrogens with one attached hydrogen (secondary N) is 1. The van der Waals surface area contributed by atoms with Gasteiger partial charge in [0.15, 0.2) is 5.13 Å². The van der Waals surface area contributed by atoms with Gasteiger partial charge in [-0.1, -0.05) is 41.7 Å². The van der Waals surface area contributed by atoms with Gasteiger partial charge in [-0.25, -0.2) is 13.4 Å². The third kappa shape index (κ3) is 5.93. The second-order valence-corrected chi connectivity index (χ2v) is 12.4. The predicted molar refractivity (Wildman–Crippen MR) is 158 cm³/mol. The first-order valence-electron chi connectivity index (χ1n) is 13.2. The molecule has 39 heavy (non-hydrogen) atoms. The van der Waals surface area contributed by atoms with Gasteiger partial charge in [0.05, 0.1) is 20.8 Å². The van der Waals surface area contributed by atoms with Crippen LogP contribution in [0.25, 0.3) is 10.2 Å². The van der Waals surface area contributed by atoms with E-state index in [1.165, 1.54) is 26.7 Å². The first-order valence-corrected chi connectivity index (χ1v) is 15.4. The first-order chi connectivity index (χ1) is 18.9. The standard InChI is InChI=1S/C29H33N5O3S2/c1-3-34(24-9-5-4-6-10-24)39(36,37)25-14-12-23(13-15-25)28(35)30-16-17-32-18-20-33(21-19-32)29-31-27-22(2)8-7-11-26(27)38-29/h4-15H,3,16-21H2,1-2H3,(H,30,35). The fourth-order valence-corrected chi connectivity index (χ4v) is 7.36. The first kappa shape index (κ1) is 27.1. The number of thiazole rings is 1. The number of carbonyl (C=O) groups excluding carboxylic acids is 1. The summed E-state index contributed by atoms with van der Waals surface area (Å²) in [6.07, 6.45) is 0. The Bertz CT molecular complexity index is 1530. The molecule has 0 saturated carbocycles. The molecule has 5 rings (SSSR count). The van der Waals surface area contributed by atoms with Crippen molar-refractivity contribution in [1.29, 1.82) is 0 Å². The molecule has 0 spiro atoms. The lowest BCUT2D eigenvalue weighted by Gasteiger charge is -2.34. The van der Waals surface area contributed by atoms with Gasteiger partial charge in [0.25, 0.3) is 15.9 Å². The highest BCUT2D eigenvalue weighted by Crippen LogP contribution is 2.31. The molecule has 0 unspecified atom stereocenters. The van der Waals surface area contributed by atoms with Crippen LogP contribution in [-0.2, 0) is 10.0 Å². The van der Waals surface area contributed by atoms with E-state index in [4.69, 9.17) is 4.98 Å². The lowest BCUT2D eigenvalue weighted by molar-refractivity contribution is 0.0947. The van der Waals surface area contributed by atoms with E-state index >= 15 is 0 Å². The van der Waals surface area contributed by atoms with E-state index in [0.29, 0.717) is 24.3 Å². The van der Waals surface area contributed by atoms with Gasteiger partial charge in [-0.15, -0.1) is 0 Å². The Morgan fingerprint density at radius 1 is 0.974 bits per heavy atom. The summed E-state index contributed by atoms with van der Waals surface area (Å²) < 4.78 is 28.9. The van der Waals surface area contributed by atoms with E-state index in [1.807, 2.05) is 18.2 Å². The number of hydrogen-bond acceptors (Lipinski definition) is 7. The molecule has 2 heterocycles. The van der Waals surface area contributed by atoms with Crippen molar-refractivity contribution < 1.29 is 13.2 Å². The molecule has 1 aliphatic heterocycles. The summed E-state index contributed by atoms with van der Waals surface area (Å²) in [7, 11) is -3.73. The number of para-hydroxylation sites is 2. The summed E-state index contributed by atoms with van der Waals surface area (Å²) >= 11 is 1.74. The van der Waals surface area contributed by atoms with Crippen molar-refractivity contribution in [2.75, 3.05) is 55.0 Å². The Morgan fingerprint density at radius 3 is 2.36 bits per heavy atom. The third-order valence-corrected chi connectivity index (χ3v) is 10.0. The monoisotopic (exact) mass is 563 g/mol. The van der Waals surface area contributed by atoms with E-state index in [9.17, 15) is 13.2 Å². The van der Waals surface area contributed by atoms with Crippen LogP contribution in [-0.4, -0.2) is 70.0 Å². The Hall–Kier alpha value is -3.47. The molecule has 0 aliphatic carbocycles. The van der Waals surface area contributed by atoms with Crippen LogP contribution >= 0.6 is 11.3 Å². The Labute approximate surface area is 233 Å². The van der Waals surface area contributed by atoms with Crippen molar-refractivity contribution in [2.24, 2.45) is 0 Å². The minimum atomic E-state index is -3.73. The van der Waals surface area contributed by atoms with E-state index in [2.05, 4.69) is 40.2 Å². The van der Waals surface area contributed by atoms with Crippen molar-refractivity contribution >= 4 is 48.3 Å². The molecule has 204 valence electrons. The molecule has 1 aromatic heterocycles. The molecule has 4 aromatic rings. The van der Waals surface area contributed by atoms with Gasteiger partial charge in [0.2, 0.25) is 0 Å². The third-order valence-electron chi connectivity index (χ3n) is 7.00. The average Bonchev–Trinajstić information content (AvgIpc) is 3.40. The normalized spacial score (nSPS) is 14.5. The van der Waals surface area contributed by atoms with Crippen LogP contribution in [0.5, 0.6) is 0 Å². The molecule has 10 heteroatoms. The Morgan fingerprint density at radius 2 is 1.69 bits per heavy atom. The topological polar surface area (TPSA) is 85.8 Å². The van der Waals surface area contributed by atoms with Gasteiger partial charge in [0, 0.05) is 51.4 Å². The maximum absolute atomic E-state index is 13.2. The summed E-state index contributed by atoms with van der Waals surface area (Å²) in [6.45, 7) is 9.11. The summed E-state index contributed by atoms with van der Waals surface area (Å²) in [6, 6.07) is 21.4. The maximum atomic E-state index is 13.2. The summed E-state index contributed by atoms with van der Waals surface area (Å²) in [5, 5.41) is 4.04. The number of hydrogen-bond donors (Lipinski definition) is 1. The summed E-state index contributed by atoms with van der Waals surface area (Å²) in [4.78, 5) is 22.4. The van der Waals surface area contributed by atoms with Crippen molar-refractivity contribution in [3.63, 3.8) is 0 Å². The molecule has 0 radical (unpaired) electrons. The number of fused-ring (bicyclic) bond motifs is 1. The van der Waals surface area contributed by atoms with Crippen molar-refractivity contribution in [1.82, 2.24) is 15.2 Å². The van der Waals surface area contributed by atoms with Gasteiger partial charge < -0.3 is 10.2 Å². The van der Waals surface area contributed by atoms with Gasteiger partial charge in [-0.3, -0.25) is 14.0 Å². The fraction of sp³-hybridized carbons (Fsp3) is 0.310. The van der Waals surface area contributed by atoms with Gasteiger partial charge in [-0.2, -0.15) is 0 Å². The molecule has 3 aromatic carbocycles. The lowest BCUT2D eigenvalue weighted by Crippen LogP contribution is -2.48. The molecule has 1 saturated heterocycles. The zero-order valence-corrected chi connectivity index (χ0v) is 23.8. The van der Waals surface area contributed by atoms with Crippen LogP contribution in [0.15, 0.2) is 77.7 Å². The molecular formula is C29H33N5O3S2. The number of piperazine rings is 1. The minimum Gasteiger partial charge on any atom is -0.351 e. The molecule has 0 bridgehead atoms. The number of rotatable bonds is 9. The predicted octanol–water partition coefficient (Wildman–Crippen LogP) is 4.37. The number of aryl methyl sites for hydroxylation is 1. The number of nitrogens with zero attached hydrogens (tertiary/aromatic N) is 4. The molecule has 1 amide bonds. The Balaban J connectivity index is 1.11. The van der Waals surface area contributed by atoms with Crippen LogP contribution in [0.3, 0.4) is 0 Å². The van der Waals surface area contributed by atoms with Crippen LogP contribution in [0.2, 0.25) is 0 Å². The van der Waals surface area contributed by atoms with E-state index in [1.54, 1.807) is 42.5 Å². The number of aromatic nitrogens is 1. The highest BCUT2D eigenvalue weighted by atomic mass is 32.2. The number of amides is 1. The Kier molecular flexibility index (Phi) is 8.15.